The number of anilines is 1. The van der Waals surface area contributed by atoms with Crippen LogP contribution in [0.1, 0.15) is 22.0 Å². The Labute approximate surface area is 170 Å². The molecule has 2 aromatic carbocycles. The molecule has 0 amide bonds. The predicted octanol–water partition coefficient (Wildman–Crippen LogP) is 3.60. The predicted molar refractivity (Wildman–Crippen MR) is 115 cm³/mol. The number of hydrogen-bond donors (Lipinski definition) is 1. The highest BCUT2D eigenvalue weighted by Gasteiger charge is 2.15. The molecule has 0 bridgehead atoms. The summed E-state index contributed by atoms with van der Waals surface area (Å²) in [4.78, 5) is 16.7. The molecule has 1 N–H and O–H groups in total. The minimum atomic E-state index is 0.0545. The summed E-state index contributed by atoms with van der Waals surface area (Å²) in [5.74, 6) is 0.771. The molecule has 0 radical (unpaired) electrons. The quantitative estimate of drug-likeness (QED) is 0.612. The third-order valence-electron chi connectivity index (χ3n) is 4.51. The molecule has 0 saturated heterocycles. The number of ketones is 1. The van der Waals surface area contributed by atoms with E-state index in [0.717, 1.165) is 4.47 Å². The summed E-state index contributed by atoms with van der Waals surface area (Å²) in [7, 11) is 9.77. The number of methoxy groups -OCH3 is 1. The van der Waals surface area contributed by atoms with Crippen molar-refractivity contribution in [3.05, 3.63) is 58.1 Å². The summed E-state index contributed by atoms with van der Waals surface area (Å²) in [5, 5.41) is 3.30. The minimum absolute atomic E-state index is 0.0545. The van der Waals surface area contributed by atoms with Crippen LogP contribution in [0.25, 0.3) is 0 Å². The number of rotatable bonds is 9. The fourth-order valence-corrected chi connectivity index (χ4v) is 3.40. The van der Waals surface area contributed by atoms with Gasteiger partial charge in [0, 0.05) is 37.9 Å². The molecule has 0 aliphatic rings. The number of nitrogens with one attached hydrogen (secondary N) is 1. The first kappa shape index (κ1) is 21.4. The highest BCUT2D eigenvalue weighted by atomic mass is 79.9. The van der Waals surface area contributed by atoms with Crippen LogP contribution in [0.2, 0.25) is 0 Å². The molecule has 0 aliphatic heterocycles. The Bertz CT molecular complexity index is 761. The van der Waals surface area contributed by atoms with E-state index in [1.54, 1.807) is 25.3 Å². The van der Waals surface area contributed by atoms with Gasteiger partial charge < -0.3 is 19.9 Å². The van der Waals surface area contributed by atoms with Gasteiger partial charge in [0.25, 0.3) is 0 Å². The van der Waals surface area contributed by atoms with Gasteiger partial charge in [-0.25, -0.2) is 0 Å². The molecule has 0 spiro atoms. The smallest absolute Gasteiger partial charge is 0.176 e. The number of benzene rings is 2. The van der Waals surface area contributed by atoms with E-state index in [2.05, 4.69) is 69.4 Å². The highest BCUT2D eigenvalue weighted by Crippen LogP contribution is 2.25. The van der Waals surface area contributed by atoms with Crippen LogP contribution in [-0.2, 0) is 0 Å². The molecule has 1 unspecified atom stereocenters. The van der Waals surface area contributed by atoms with Crippen LogP contribution < -0.4 is 15.0 Å². The summed E-state index contributed by atoms with van der Waals surface area (Å²) < 4.78 is 5.99. The summed E-state index contributed by atoms with van der Waals surface area (Å²) in [6.45, 7) is 0.982. The van der Waals surface area contributed by atoms with Gasteiger partial charge in [-0.15, -0.1) is 0 Å². The first-order chi connectivity index (χ1) is 12.8. The van der Waals surface area contributed by atoms with Gasteiger partial charge in [0.2, 0.25) is 0 Å². The van der Waals surface area contributed by atoms with E-state index < -0.39 is 0 Å². The molecule has 6 heteroatoms. The number of halogens is 1. The molecular weight excluding hydrogens is 406 g/mol. The van der Waals surface area contributed by atoms with Crippen LogP contribution in [-0.4, -0.2) is 59.1 Å². The average Bonchev–Trinajstić information content (AvgIpc) is 2.64. The lowest BCUT2D eigenvalue weighted by Gasteiger charge is -2.26. The van der Waals surface area contributed by atoms with Gasteiger partial charge in [-0.2, -0.15) is 0 Å². The molecule has 1 atom stereocenters. The highest BCUT2D eigenvalue weighted by molar-refractivity contribution is 9.10. The Kier molecular flexibility index (Phi) is 7.83. The first-order valence-corrected chi connectivity index (χ1v) is 9.64. The first-order valence-electron chi connectivity index (χ1n) is 8.84. The SMILES string of the molecule is COc1ccc(C(=O)CNCC(c2ccc(N(C)C)cc2)N(C)C)cc1Br. The van der Waals surface area contributed by atoms with E-state index in [-0.39, 0.29) is 11.8 Å². The maximum atomic E-state index is 12.5. The standard InChI is InChI=1S/C21H28BrN3O2/c1-24(2)17-9-6-15(7-10-17)19(25(3)4)13-23-14-20(26)16-8-11-21(27-5)18(22)12-16/h6-12,19,23H,13-14H2,1-5H3. The molecule has 2 aromatic rings. The van der Waals surface area contributed by atoms with Gasteiger partial charge in [-0.1, -0.05) is 12.1 Å². The lowest BCUT2D eigenvalue weighted by atomic mass is 10.0. The van der Waals surface area contributed by atoms with Gasteiger partial charge in [-0.05, 0) is 65.9 Å². The van der Waals surface area contributed by atoms with Crippen LogP contribution >= 0.6 is 15.9 Å². The number of Topliss-reactive ketones (excluding diaryl/α,β-unsaturated/α-hetero) is 1. The molecule has 0 heterocycles. The Hall–Kier alpha value is -1.89. The number of carbonyl (C=O) groups excluding carboxylic acids is 1. The minimum Gasteiger partial charge on any atom is -0.496 e. The van der Waals surface area contributed by atoms with Crippen LogP contribution in [0, 0.1) is 0 Å². The van der Waals surface area contributed by atoms with Crippen LogP contribution in [0.3, 0.4) is 0 Å². The Morgan fingerprint density at radius 3 is 2.30 bits per heavy atom. The number of carbonyl (C=O) groups is 1. The monoisotopic (exact) mass is 433 g/mol. The summed E-state index contributed by atoms with van der Waals surface area (Å²) >= 11 is 3.42. The Morgan fingerprint density at radius 2 is 1.78 bits per heavy atom. The maximum Gasteiger partial charge on any atom is 0.176 e. The van der Waals surface area contributed by atoms with Crippen molar-refractivity contribution in [3.8, 4) is 5.75 Å². The number of ether oxygens (including phenoxy) is 1. The summed E-state index contributed by atoms with van der Waals surface area (Å²) in [6, 6.07) is 14.1. The van der Waals surface area contributed by atoms with Crippen LogP contribution in [0.15, 0.2) is 46.9 Å². The van der Waals surface area contributed by atoms with E-state index in [0.29, 0.717) is 24.4 Å². The molecule has 5 nitrogen and oxygen atoms in total. The number of hydrogen-bond acceptors (Lipinski definition) is 5. The fraction of sp³-hybridized carbons (Fsp3) is 0.381. The van der Waals surface area contributed by atoms with Gasteiger partial charge in [-0.3, -0.25) is 4.79 Å². The van der Waals surface area contributed by atoms with Crippen molar-refractivity contribution in [1.29, 1.82) is 0 Å². The molecule has 0 saturated carbocycles. The van der Waals surface area contributed by atoms with E-state index in [9.17, 15) is 4.79 Å². The van der Waals surface area contributed by atoms with Crippen molar-refractivity contribution in [1.82, 2.24) is 10.2 Å². The zero-order valence-corrected chi connectivity index (χ0v) is 18.2. The maximum absolute atomic E-state index is 12.5. The molecule has 0 aliphatic carbocycles. The van der Waals surface area contributed by atoms with Gasteiger partial charge >= 0.3 is 0 Å². The van der Waals surface area contributed by atoms with Crippen LogP contribution in [0.5, 0.6) is 5.75 Å². The molecule has 146 valence electrons. The van der Waals surface area contributed by atoms with E-state index >= 15 is 0 Å². The second-order valence-electron chi connectivity index (χ2n) is 6.87. The number of nitrogens with zero attached hydrogens (tertiary/aromatic N) is 2. The van der Waals surface area contributed by atoms with Crippen molar-refractivity contribution >= 4 is 27.4 Å². The van der Waals surface area contributed by atoms with Gasteiger partial charge in [0.1, 0.15) is 5.75 Å². The van der Waals surface area contributed by atoms with E-state index in [1.807, 2.05) is 14.1 Å². The Balaban J connectivity index is 1.98. The molecule has 0 fully saturated rings. The lowest BCUT2D eigenvalue weighted by Crippen LogP contribution is -2.33. The third-order valence-corrected chi connectivity index (χ3v) is 5.13. The van der Waals surface area contributed by atoms with Crippen molar-refractivity contribution in [2.45, 2.75) is 6.04 Å². The summed E-state index contributed by atoms with van der Waals surface area (Å²) in [6.07, 6.45) is 0. The molecule has 0 aromatic heterocycles. The molecule has 27 heavy (non-hydrogen) atoms. The second-order valence-corrected chi connectivity index (χ2v) is 7.72. The zero-order chi connectivity index (χ0) is 20.0. The lowest BCUT2D eigenvalue weighted by molar-refractivity contribution is 0.0988. The second kappa shape index (κ2) is 9.88. The van der Waals surface area contributed by atoms with E-state index in [1.165, 1.54) is 11.3 Å². The fourth-order valence-electron chi connectivity index (χ4n) is 2.86. The third kappa shape index (κ3) is 5.79. The van der Waals surface area contributed by atoms with Gasteiger partial charge in [0.05, 0.1) is 18.1 Å². The van der Waals surface area contributed by atoms with Gasteiger partial charge in [0.15, 0.2) is 5.78 Å². The van der Waals surface area contributed by atoms with Crippen molar-refractivity contribution in [3.63, 3.8) is 0 Å². The van der Waals surface area contributed by atoms with Crippen molar-refractivity contribution in [2.24, 2.45) is 0 Å². The number of likely N-dealkylation sites (N-methyl/N-ethyl adjacent to an activating group) is 1. The van der Waals surface area contributed by atoms with Crippen LogP contribution in [0.4, 0.5) is 5.69 Å². The molecule has 2 rings (SSSR count). The van der Waals surface area contributed by atoms with Crippen molar-refractivity contribution < 1.29 is 9.53 Å². The average molecular weight is 434 g/mol. The summed E-state index contributed by atoms with van der Waals surface area (Å²) in [5.41, 5.74) is 3.05. The van der Waals surface area contributed by atoms with Crippen molar-refractivity contribution in [2.75, 3.05) is 53.3 Å². The Morgan fingerprint density at radius 1 is 1.11 bits per heavy atom. The zero-order valence-electron chi connectivity index (χ0n) is 16.6. The topological polar surface area (TPSA) is 44.8 Å². The largest absolute Gasteiger partial charge is 0.496 e. The molecular formula is C21H28BrN3O2. The normalized spacial score (nSPS) is 12.1. The van der Waals surface area contributed by atoms with E-state index in [4.69, 9.17) is 4.74 Å².